The van der Waals surface area contributed by atoms with E-state index in [1.807, 2.05) is 0 Å². The van der Waals surface area contributed by atoms with Crippen molar-refractivity contribution in [2.24, 2.45) is 0 Å². The molecule has 1 N–H and O–H groups in total. The molecule has 1 saturated heterocycles. The summed E-state index contributed by atoms with van der Waals surface area (Å²) in [4.78, 5) is 31.2. The third-order valence-electron chi connectivity index (χ3n) is 6.25. The normalized spacial score (nSPS) is 17.1. The molecule has 0 spiro atoms. The molecule has 190 valence electrons. The van der Waals surface area contributed by atoms with Crippen molar-refractivity contribution in [2.45, 2.75) is 31.2 Å². The fraction of sp³-hybridized carbons (Fsp3) is 0.500. The predicted octanol–water partition coefficient (Wildman–Crippen LogP) is 2.49. The first-order valence-corrected chi connectivity index (χ1v) is 14.1. The number of hydrogen-bond acceptors (Lipinski definition) is 7. The summed E-state index contributed by atoms with van der Waals surface area (Å²) in [5, 5.41) is 3.47. The zero-order chi connectivity index (χ0) is 25.2. The summed E-state index contributed by atoms with van der Waals surface area (Å²) in [6.07, 6.45) is 1.83. The van der Waals surface area contributed by atoms with Crippen LogP contribution in [0.5, 0.6) is 0 Å². The Bertz CT molecular complexity index is 1190. The lowest BCUT2D eigenvalue weighted by Gasteiger charge is -2.26. The molecular formula is C24H32N4O5S2. The van der Waals surface area contributed by atoms with Gasteiger partial charge in [-0.2, -0.15) is 4.31 Å². The van der Waals surface area contributed by atoms with Crippen molar-refractivity contribution in [3.8, 4) is 0 Å². The second-order valence-electron chi connectivity index (χ2n) is 8.93. The molecule has 0 atom stereocenters. The molecule has 0 radical (unpaired) electrons. The first-order chi connectivity index (χ1) is 16.7. The molecule has 1 aromatic carbocycles. The van der Waals surface area contributed by atoms with Gasteiger partial charge in [0.1, 0.15) is 5.00 Å². The van der Waals surface area contributed by atoms with Gasteiger partial charge in [0.05, 0.1) is 23.7 Å². The highest BCUT2D eigenvalue weighted by molar-refractivity contribution is 7.89. The number of sulfonamides is 1. The zero-order valence-electron chi connectivity index (χ0n) is 20.4. The number of amides is 2. The van der Waals surface area contributed by atoms with Crippen LogP contribution in [0.25, 0.3) is 0 Å². The van der Waals surface area contributed by atoms with E-state index >= 15 is 0 Å². The number of morpholine rings is 1. The van der Waals surface area contributed by atoms with Gasteiger partial charge in [-0.3, -0.25) is 14.5 Å². The van der Waals surface area contributed by atoms with Gasteiger partial charge in [0, 0.05) is 50.7 Å². The Morgan fingerprint density at radius 2 is 1.80 bits per heavy atom. The quantitative estimate of drug-likeness (QED) is 0.602. The molecule has 35 heavy (non-hydrogen) atoms. The molecule has 0 saturated carbocycles. The van der Waals surface area contributed by atoms with Gasteiger partial charge >= 0.3 is 0 Å². The van der Waals surface area contributed by atoms with Gasteiger partial charge in [-0.05, 0) is 49.2 Å². The van der Waals surface area contributed by atoms with Crippen LogP contribution in [0.2, 0.25) is 0 Å². The summed E-state index contributed by atoms with van der Waals surface area (Å²) in [5.41, 5.74) is 1.91. The van der Waals surface area contributed by atoms with Crippen molar-refractivity contribution in [3.63, 3.8) is 0 Å². The number of benzene rings is 1. The molecule has 0 bridgehead atoms. The van der Waals surface area contributed by atoms with Crippen LogP contribution in [0.4, 0.5) is 5.00 Å². The van der Waals surface area contributed by atoms with Crippen molar-refractivity contribution in [3.05, 3.63) is 45.8 Å². The lowest BCUT2D eigenvalue weighted by molar-refractivity contribution is 0.0730. The fourth-order valence-corrected chi connectivity index (χ4v) is 7.08. The van der Waals surface area contributed by atoms with Crippen LogP contribution in [0.1, 0.15) is 44.5 Å². The van der Waals surface area contributed by atoms with E-state index < -0.39 is 10.0 Å². The Morgan fingerprint density at radius 1 is 1.11 bits per heavy atom. The Hall–Kier alpha value is -2.31. The van der Waals surface area contributed by atoms with E-state index in [0.29, 0.717) is 42.4 Å². The fourth-order valence-electron chi connectivity index (χ4n) is 4.39. The van der Waals surface area contributed by atoms with Crippen molar-refractivity contribution < 1.29 is 22.7 Å². The number of anilines is 1. The zero-order valence-corrected chi connectivity index (χ0v) is 22.0. The summed E-state index contributed by atoms with van der Waals surface area (Å²) >= 11 is 1.45. The average molecular weight is 521 g/mol. The number of thiophene rings is 1. The highest BCUT2D eigenvalue weighted by Crippen LogP contribution is 2.38. The summed E-state index contributed by atoms with van der Waals surface area (Å²) in [6, 6.07) is 5.92. The lowest BCUT2D eigenvalue weighted by Crippen LogP contribution is -2.40. The Balaban J connectivity index is 1.56. The number of nitrogens with one attached hydrogen (secondary N) is 1. The number of nitrogens with zero attached hydrogens (tertiary/aromatic N) is 3. The standard InChI is InChI=1S/C24H32N4O5S2/c1-4-10-27-11-9-19-20(16-27)34-23(21(19)24(30)26(2)3)25-22(29)17-5-7-18(8-6-17)35(31,32)28-12-14-33-15-13-28/h5-8H,4,9-16H2,1-3H3,(H,25,29). The minimum absolute atomic E-state index is 0.131. The highest BCUT2D eigenvalue weighted by Gasteiger charge is 2.30. The van der Waals surface area contributed by atoms with E-state index in [4.69, 9.17) is 4.74 Å². The number of hydrogen-bond donors (Lipinski definition) is 1. The van der Waals surface area contributed by atoms with Crippen molar-refractivity contribution in [2.75, 3.05) is 58.8 Å². The maximum atomic E-state index is 13.1. The predicted molar refractivity (Wildman–Crippen MR) is 136 cm³/mol. The molecule has 1 fully saturated rings. The van der Waals surface area contributed by atoms with Gasteiger partial charge in [0.15, 0.2) is 0 Å². The largest absolute Gasteiger partial charge is 0.379 e. The Labute approximate surface area is 210 Å². The van der Waals surface area contributed by atoms with Crippen molar-refractivity contribution in [1.82, 2.24) is 14.1 Å². The molecule has 0 unspecified atom stereocenters. The maximum absolute atomic E-state index is 13.1. The first kappa shape index (κ1) is 25.8. The van der Waals surface area contributed by atoms with E-state index in [1.54, 1.807) is 14.1 Å². The number of carbonyl (C=O) groups is 2. The van der Waals surface area contributed by atoms with Gasteiger partial charge in [0.2, 0.25) is 10.0 Å². The van der Waals surface area contributed by atoms with Gasteiger partial charge in [-0.25, -0.2) is 8.42 Å². The summed E-state index contributed by atoms with van der Waals surface area (Å²) < 4.78 is 32.3. The monoisotopic (exact) mass is 520 g/mol. The number of ether oxygens (including phenoxy) is 1. The second-order valence-corrected chi connectivity index (χ2v) is 12.0. The molecule has 2 aliphatic rings. The van der Waals surface area contributed by atoms with Crippen LogP contribution in [-0.4, -0.2) is 87.8 Å². The van der Waals surface area contributed by atoms with Gasteiger partial charge in [-0.1, -0.05) is 6.92 Å². The van der Waals surface area contributed by atoms with Gasteiger partial charge < -0.3 is 15.0 Å². The molecule has 2 aliphatic heterocycles. The lowest BCUT2D eigenvalue weighted by atomic mass is 10.0. The van der Waals surface area contributed by atoms with Crippen molar-refractivity contribution >= 4 is 38.2 Å². The number of fused-ring (bicyclic) bond motifs is 1. The average Bonchev–Trinajstić information content (AvgIpc) is 3.21. The second kappa shape index (κ2) is 10.8. The number of carbonyl (C=O) groups excluding carboxylic acids is 2. The minimum atomic E-state index is -3.63. The van der Waals surface area contributed by atoms with Crippen LogP contribution < -0.4 is 5.32 Å². The molecule has 2 aromatic rings. The van der Waals surface area contributed by atoms with E-state index in [0.717, 1.165) is 42.9 Å². The van der Waals surface area contributed by atoms with Gasteiger partial charge in [-0.15, -0.1) is 11.3 Å². The molecule has 1 aromatic heterocycles. The minimum Gasteiger partial charge on any atom is -0.379 e. The first-order valence-electron chi connectivity index (χ1n) is 11.8. The molecule has 2 amide bonds. The summed E-state index contributed by atoms with van der Waals surface area (Å²) in [6.45, 7) is 6.16. The molecule has 4 rings (SSSR count). The van der Waals surface area contributed by atoms with Crippen LogP contribution in [0.3, 0.4) is 0 Å². The van der Waals surface area contributed by atoms with E-state index in [-0.39, 0.29) is 16.7 Å². The topological polar surface area (TPSA) is 99.3 Å². The molecule has 11 heteroatoms. The third-order valence-corrected chi connectivity index (χ3v) is 9.29. The van der Waals surface area contributed by atoms with Crippen LogP contribution in [-0.2, 0) is 27.7 Å². The summed E-state index contributed by atoms with van der Waals surface area (Å²) in [7, 11) is -0.222. The Morgan fingerprint density at radius 3 is 2.43 bits per heavy atom. The Kier molecular flexibility index (Phi) is 7.92. The molecule has 9 nitrogen and oxygen atoms in total. The summed E-state index contributed by atoms with van der Waals surface area (Å²) in [5.74, 6) is -0.508. The van der Waals surface area contributed by atoms with Crippen molar-refractivity contribution in [1.29, 1.82) is 0 Å². The maximum Gasteiger partial charge on any atom is 0.256 e. The smallest absolute Gasteiger partial charge is 0.256 e. The van der Waals surface area contributed by atoms with E-state index in [1.165, 1.54) is 44.8 Å². The molecular weight excluding hydrogens is 488 g/mol. The van der Waals surface area contributed by atoms with Crippen LogP contribution in [0, 0.1) is 0 Å². The number of rotatable bonds is 7. The SMILES string of the molecule is CCCN1CCc2c(sc(NC(=O)c3ccc(S(=O)(=O)N4CCOCC4)cc3)c2C(=O)N(C)C)C1. The van der Waals surface area contributed by atoms with E-state index in [9.17, 15) is 18.0 Å². The van der Waals surface area contributed by atoms with Crippen LogP contribution >= 0.6 is 11.3 Å². The highest BCUT2D eigenvalue weighted by atomic mass is 32.2. The molecule has 0 aliphatic carbocycles. The van der Waals surface area contributed by atoms with Crippen LogP contribution in [0.15, 0.2) is 29.2 Å². The van der Waals surface area contributed by atoms with Gasteiger partial charge in [0.25, 0.3) is 11.8 Å². The molecule has 3 heterocycles. The third kappa shape index (κ3) is 5.44. The van der Waals surface area contributed by atoms with E-state index in [2.05, 4.69) is 17.1 Å².